The van der Waals surface area contributed by atoms with E-state index in [1.807, 2.05) is 18.2 Å². The van der Waals surface area contributed by atoms with Crippen molar-refractivity contribution in [1.82, 2.24) is 0 Å². The Morgan fingerprint density at radius 2 is 0.747 bits per heavy atom. The summed E-state index contributed by atoms with van der Waals surface area (Å²) in [6, 6.07) is 0. The molecular formula is C75H118O12. The number of hydrogen-bond donors (Lipinski definition) is 3. The predicted octanol–water partition coefficient (Wildman–Crippen LogP) is 18.7. The van der Waals surface area contributed by atoms with Gasteiger partial charge in [-0.05, 0) is 135 Å². The van der Waals surface area contributed by atoms with Crippen molar-refractivity contribution in [2.75, 3.05) is 13.2 Å². The maximum atomic E-state index is 13.2. The lowest BCUT2D eigenvalue weighted by atomic mass is 9.98. The smallest absolute Gasteiger partial charge is 0.335 e. The number of hydrogen-bond acceptors (Lipinski definition) is 11. The molecule has 1 aliphatic rings. The molecule has 1 saturated heterocycles. The Bertz CT molecular complexity index is 2070. The number of carboxylic acid groups (broad SMARTS) is 1. The average Bonchev–Trinajstić information content (AvgIpc) is 2.60. The predicted molar refractivity (Wildman–Crippen MR) is 358 cm³/mol. The van der Waals surface area contributed by atoms with Gasteiger partial charge in [-0.1, -0.05) is 244 Å². The second-order valence-electron chi connectivity index (χ2n) is 22.4. The molecule has 12 nitrogen and oxygen atoms in total. The van der Waals surface area contributed by atoms with Crippen molar-refractivity contribution >= 4 is 23.9 Å². The van der Waals surface area contributed by atoms with Crippen LogP contribution in [0.2, 0.25) is 0 Å². The van der Waals surface area contributed by atoms with Gasteiger partial charge in [0.15, 0.2) is 24.6 Å². The molecule has 1 fully saturated rings. The summed E-state index contributed by atoms with van der Waals surface area (Å²) >= 11 is 0. The fourth-order valence-corrected chi connectivity index (χ4v) is 9.23. The third kappa shape index (κ3) is 50.2. The van der Waals surface area contributed by atoms with Gasteiger partial charge in [-0.25, -0.2) is 4.79 Å². The Kier molecular flexibility index (Phi) is 55.7. The van der Waals surface area contributed by atoms with Gasteiger partial charge in [0.2, 0.25) is 0 Å². The number of aliphatic hydroxyl groups excluding tert-OH is 2. The highest BCUT2D eigenvalue weighted by atomic mass is 16.7. The third-order valence-corrected chi connectivity index (χ3v) is 14.4. The largest absolute Gasteiger partial charge is 0.479 e. The van der Waals surface area contributed by atoms with E-state index < -0.39 is 67.3 Å². The molecule has 0 aliphatic carbocycles. The number of esters is 3. The average molecular weight is 1210 g/mol. The number of unbranched alkanes of at least 4 members (excludes halogenated alkanes) is 18. The van der Waals surface area contributed by atoms with Crippen LogP contribution >= 0.6 is 0 Å². The van der Waals surface area contributed by atoms with Gasteiger partial charge < -0.3 is 39.0 Å². The number of aliphatic carboxylic acids is 1. The van der Waals surface area contributed by atoms with Crippen molar-refractivity contribution < 1.29 is 58.2 Å². The summed E-state index contributed by atoms with van der Waals surface area (Å²) in [5.74, 6) is -3.28. The van der Waals surface area contributed by atoms with Gasteiger partial charge in [-0.2, -0.15) is 0 Å². The molecule has 0 bridgehead atoms. The van der Waals surface area contributed by atoms with E-state index in [9.17, 15) is 34.5 Å². The maximum Gasteiger partial charge on any atom is 0.335 e. The van der Waals surface area contributed by atoms with E-state index in [2.05, 4.69) is 148 Å². The SMILES string of the molecule is CC/C=C\C/C=C\C/C=C\C/C=C\C/C=C\C/C=C\CCC(=O)OC1C(OCC(COC(=O)CCCCCCCC/C=C\C/C=C\C/C=C\CCCCC)OC(=O)CCCCCCCC/C=C\C/C=C\C/C=C\CCCCC)OC(C(=O)O)C(O)C1O. The standard InChI is InChI=1S/C75H118O12/c1-4-7-10-13-16-19-22-25-28-31-34-37-40-43-46-49-52-55-58-61-67(76)83-64-66(85-68(77)62-59-56-53-50-47-44-41-38-35-32-29-26-23-20-17-14-11-8-5-2)65-84-75-73(71(80)70(79)72(87-75)74(81)82)86-69(78)63-60-57-54-51-48-45-42-39-36-33-30-27-24-21-18-15-12-9-6-3/h9,12,16-21,25-30,34-39,45,48,54,57,66,70-73,75,79-80H,4-8,10-11,13-15,22-24,31-33,40-44,46-47,49-53,55-56,58-65H2,1-3H3,(H,81,82)/b12-9-,19-16-,20-17-,21-18-,28-25-,29-26-,30-27-,37-34-,38-35-,39-36-,48-45-,57-54-. The van der Waals surface area contributed by atoms with Crippen LogP contribution in [0.5, 0.6) is 0 Å². The molecule has 0 aromatic heterocycles. The molecule has 0 aromatic rings. The van der Waals surface area contributed by atoms with Crippen molar-refractivity contribution in [2.45, 2.75) is 289 Å². The third-order valence-electron chi connectivity index (χ3n) is 14.4. The number of carbonyl (C=O) groups is 4. The van der Waals surface area contributed by atoms with Gasteiger partial charge in [0.1, 0.15) is 18.8 Å². The summed E-state index contributed by atoms with van der Waals surface area (Å²) in [7, 11) is 0. The van der Waals surface area contributed by atoms with Crippen molar-refractivity contribution in [3.8, 4) is 0 Å². The maximum absolute atomic E-state index is 13.2. The van der Waals surface area contributed by atoms with Crippen LogP contribution in [-0.2, 0) is 42.9 Å². The summed E-state index contributed by atoms with van der Waals surface area (Å²) in [5, 5.41) is 31.6. The molecule has 3 N–H and O–H groups in total. The fraction of sp³-hybridized carbons (Fsp3) is 0.627. The number of aliphatic hydroxyl groups is 2. The summed E-state index contributed by atoms with van der Waals surface area (Å²) < 4.78 is 28.5. The van der Waals surface area contributed by atoms with Crippen LogP contribution in [-0.4, -0.2) is 89.2 Å². The van der Waals surface area contributed by atoms with Gasteiger partial charge >= 0.3 is 23.9 Å². The summed E-state index contributed by atoms with van der Waals surface area (Å²) in [4.78, 5) is 51.4. The van der Waals surface area contributed by atoms with E-state index in [0.717, 1.165) is 135 Å². The minimum Gasteiger partial charge on any atom is -0.479 e. The van der Waals surface area contributed by atoms with E-state index in [1.165, 1.54) is 51.4 Å². The van der Waals surface area contributed by atoms with Gasteiger partial charge in [0.25, 0.3) is 0 Å². The monoisotopic (exact) mass is 1210 g/mol. The number of allylic oxidation sites excluding steroid dienone is 24. The molecule has 6 unspecified atom stereocenters. The molecule has 12 heteroatoms. The number of ether oxygens (including phenoxy) is 5. The van der Waals surface area contributed by atoms with E-state index >= 15 is 0 Å². The van der Waals surface area contributed by atoms with E-state index in [4.69, 9.17) is 23.7 Å². The van der Waals surface area contributed by atoms with Crippen LogP contribution in [0.3, 0.4) is 0 Å². The summed E-state index contributed by atoms with van der Waals surface area (Å²) in [6.45, 7) is 5.79. The molecule has 1 rings (SSSR count). The van der Waals surface area contributed by atoms with Crippen LogP contribution in [0, 0.1) is 0 Å². The molecule has 6 atom stereocenters. The Balaban J connectivity index is 2.73. The lowest BCUT2D eigenvalue weighted by Gasteiger charge is -2.40. The van der Waals surface area contributed by atoms with Crippen LogP contribution in [0.4, 0.5) is 0 Å². The molecule has 87 heavy (non-hydrogen) atoms. The van der Waals surface area contributed by atoms with Gasteiger partial charge in [0, 0.05) is 19.3 Å². The van der Waals surface area contributed by atoms with Crippen LogP contribution in [0.15, 0.2) is 146 Å². The van der Waals surface area contributed by atoms with E-state index in [1.54, 1.807) is 0 Å². The number of carbonyl (C=O) groups excluding carboxylic acids is 3. The van der Waals surface area contributed by atoms with Crippen molar-refractivity contribution in [3.05, 3.63) is 146 Å². The Morgan fingerprint density at radius 1 is 0.391 bits per heavy atom. The fourth-order valence-electron chi connectivity index (χ4n) is 9.23. The minimum absolute atomic E-state index is 0.0755. The second kappa shape index (κ2) is 60.9. The molecule has 490 valence electrons. The van der Waals surface area contributed by atoms with Crippen LogP contribution < -0.4 is 0 Å². The normalized spacial score (nSPS) is 18.3. The molecule has 0 saturated carbocycles. The quantitative estimate of drug-likeness (QED) is 0.0228. The van der Waals surface area contributed by atoms with Gasteiger partial charge in [0.05, 0.1) is 6.61 Å². The summed E-state index contributed by atoms with van der Waals surface area (Å²) in [5.41, 5.74) is 0. The van der Waals surface area contributed by atoms with E-state index in [-0.39, 0.29) is 25.9 Å². The topological polar surface area (TPSA) is 175 Å². The zero-order chi connectivity index (χ0) is 63.1. The molecule has 1 heterocycles. The minimum atomic E-state index is -1.94. The Hall–Kier alpha value is -5.40. The van der Waals surface area contributed by atoms with Crippen molar-refractivity contribution in [3.63, 3.8) is 0 Å². The van der Waals surface area contributed by atoms with Crippen LogP contribution in [0.25, 0.3) is 0 Å². The number of rotatable bonds is 56. The zero-order valence-electron chi connectivity index (χ0n) is 54.2. The van der Waals surface area contributed by atoms with Crippen molar-refractivity contribution in [2.24, 2.45) is 0 Å². The zero-order valence-corrected chi connectivity index (χ0v) is 54.2. The molecule has 1 aliphatic heterocycles. The summed E-state index contributed by atoms with van der Waals surface area (Å²) in [6.07, 6.45) is 75.2. The van der Waals surface area contributed by atoms with E-state index in [0.29, 0.717) is 25.7 Å². The first-order valence-corrected chi connectivity index (χ1v) is 33.8. The lowest BCUT2D eigenvalue weighted by molar-refractivity contribution is -0.301. The molecule has 0 spiro atoms. The van der Waals surface area contributed by atoms with Crippen LogP contribution in [0.1, 0.15) is 252 Å². The van der Waals surface area contributed by atoms with Gasteiger partial charge in [-0.15, -0.1) is 0 Å². The first-order chi connectivity index (χ1) is 42.6. The van der Waals surface area contributed by atoms with Gasteiger partial charge in [-0.3, -0.25) is 14.4 Å². The first-order valence-electron chi connectivity index (χ1n) is 33.8. The number of carboxylic acids is 1. The first kappa shape index (κ1) is 79.6. The molecule has 0 radical (unpaired) electrons. The highest BCUT2D eigenvalue weighted by Crippen LogP contribution is 2.26. The molecule has 0 aromatic carbocycles. The highest BCUT2D eigenvalue weighted by Gasteiger charge is 2.50. The van der Waals surface area contributed by atoms with Crippen molar-refractivity contribution in [1.29, 1.82) is 0 Å². The lowest BCUT2D eigenvalue weighted by Crippen LogP contribution is -2.61. The molecule has 0 amide bonds. The second-order valence-corrected chi connectivity index (χ2v) is 22.4. The highest BCUT2D eigenvalue weighted by molar-refractivity contribution is 5.74. The molecular weight excluding hydrogens is 1090 g/mol. The Labute approximate surface area is 527 Å². The Morgan fingerprint density at radius 3 is 1.15 bits per heavy atom.